The summed E-state index contributed by atoms with van der Waals surface area (Å²) in [5.41, 5.74) is 0.735. The van der Waals surface area contributed by atoms with Crippen molar-refractivity contribution in [1.82, 2.24) is 4.57 Å². The van der Waals surface area contributed by atoms with Crippen LogP contribution in [0.2, 0.25) is 0 Å². The van der Waals surface area contributed by atoms with Gasteiger partial charge in [-0.05, 0) is 5.56 Å². The molecule has 0 amide bonds. The Morgan fingerprint density at radius 2 is 1.80 bits per heavy atom. The summed E-state index contributed by atoms with van der Waals surface area (Å²) >= 11 is 0. The molecule has 1 aromatic heterocycles. The second kappa shape index (κ2) is 3.57. The second-order valence-electron chi connectivity index (χ2n) is 3.14. The Kier molecular flexibility index (Phi) is 2.25. The molecule has 0 saturated heterocycles. The molecule has 1 aromatic carbocycles. The molecule has 0 radical (unpaired) electrons. The molecule has 1 heterocycles. The molecule has 2 rings (SSSR count). The van der Waals surface area contributed by atoms with Crippen molar-refractivity contribution >= 4 is 0 Å². The summed E-state index contributed by atoms with van der Waals surface area (Å²) < 4.78 is 5.72. The van der Waals surface area contributed by atoms with Gasteiger partial charge in [-0.15, -0.1) is 0 Å². The van der Waals surface area contributed by atoms with E-state index < -0.39 is 11.4 Å². The van der Waals surface area contributed by atoms with Gasteiger partial charge >= 0.3 is 11.4 Å². The maximum absolute atomic E-state index is 11.2. The predicted octanol–water partition coefficient (Wildman–Crippen LogP) is 1.01. The van der Waals surface area contributed by atoms with Crippen LogP contribution in [0.4, 0.5) is 0 Å². The van der Waals surface area contributed by atoms with Crippen LogP contribution >= 0.6 is 0 Å². The van der Waals surface area contributed by atoms with Crippen LogP contribution in [0, 0.1) is 0 Å². The summed E-state index contributed by atoms with van der Waals surface area (Å²) in [7, 11) is 1.56. The Labute approximate surface area is 85.4 Å². The molecule has 4 nitrogen and oxygen atoms in total. The van der Waals surface area contributed by atoms with Gasteiger partial charge in [0.1, 0.15) is 0 Å². The van der Waals surface area contributed by atoms with E-state index in [0.717, 1.165) is 5.56 Å². The minimum Gasteiger partial charge on any atom is -0.373 e. The average Bonchev–Trinajstić information content (AvgIpc) is 2.24. The van der Waals surface area contributed by atoms with Gasteiger partial charge in [0, 0.05) is 13.1 Å². The Balaban J connectivity index is 2.74. The number of hydrogen-bond acceptors (Lipinski definition) is 3. The predicted molar refractivity (Wildman–Crippen MR) is 55.7 cm³/mol. The highest BCUT2D eigenvalue weighted by Gasteiger charge is 2.05. The number of benzene rings is 1. The van der Waals surface area contributed by atoms with Gasteiger partial charge in [0.15, 0.2) is 0 Å². The summed E-state index contributed by atoms with van der Waals surface area (Å²) in [5.74, 6) is -0.652. The first-order chi connectivity index (χ1) is 7.18. The average molecular weight is 203 g/mol. The van der Waals surface area contributed by atoms with Crippen molar-refractivity contribution < 1.29 is 4.42 Å². The van der Waals surface area contributed by atoms with Crippen molar-refractivity contribution in [3.8, 4) is 11.3 Å². The summed E-state index contributed by atoms with van der Waals surface area (Å²) in [6, 6.07) is 10.5. The summed E-state index contributed by atoms with van der Waals surface area (Å²) in [5, 5.41) is 0. The number of hydrogen-bond donors (Lipinski definition) is 0. The zero-order chi connectivity index (χ0) is 10.8. The first-order valence-electron chi connectivity index (χ1n) is 4.45. The smallest absolute Gasteiger partial charge is 0.373 e. The van der Waals surface area contributed by atoms with Crippen LogP contribution in [-0.2, 0) is 7.05 Å². The molecule has 0 atom stereocenters. The molecule has 76 valence electrons. The van der Waals surface area contributed by atoms with Gasteiger partial charge in [0.25, 0.3) is 0 Å². The minimum absolute atomic E-state index is 0.553. The lowest BCUT2D eigenvalue weighted by molar-refractivity contribution is 0.421. The first-order valence-corrected chi connectivity index (χ1v) is 4.45. The summed E-state index contributed by atoms with van der Waals surface area (Å²) in [6.07, 6.45) is 0. The lowest BCUT2D eigenvalue weighted by atomic mass is 10.1. The van der Waals surface area contributed by atoms with E-state index in [4.69, 9.17) is 0 Å². The van der Waals surface area contributed by atoms with Gasteiger partial charge in [-0.25, -0.2) is 9.59 Å². The fourth-order valence-electron chi connectivity index (χ4n) is 1.38. The quantitative estimate of drug-likeness (QED) is 0.694. The van der Waals surface area contributed by atoms with Gasteiger partial charge < -0.3 is 4.42 Å². The Hall–Kier alpha value is -2.10. The number of rotatable bonds is 1. The summed E-state index contributed by atoms with van der Waals surface area (Å²) in [6.45, 7) is 0. The van der Waals surface area contributed by atoms with Crippen molar-refractivity contribution in [2.45, 2.75) is 0 Å². The second-order valence-corrected chi connectivity index (χ2v) is 3.14. The molecule has 0 N–H and O–H groups in total. The van der Waals surface area contributed by atoms with E-state index in [-0.39, 0.29) is 0 Å². The molecule has 0 aliphatic rings. The lowest BCUT2D eigenvalue weighted by Crippen LogP contribution is -2.22. The van der Waals surface area contributed by atoms with E-state index in [1.807, 2.05) is 30.3 Å². The highest BCUT2D eigenvalue weighted by atomic mass is 16.4. The third-order valence-corrected chi connectivity index (χ3v) is 2.15. The normalized spacial score (nSPS) is 10.2. The molecule has 0 unspecified atom stereocenters. The van der Waals surface area contributed by atoms with Gasteiger partial charge in [-0.2, -0.15) is 0 Å². The van der Waals surface area contributed by atoms with Crippen LogP contribution in [0.1, 0.15) is 0 Å². The van der Waals surface area contributed by atoms with E-state index in [0.29, 0.717) is 5.69 Å². The van der Waals surface area contributed by atoms with E-state index in [1.165, 1.54) is 10.6 Å². The van der Waals surface area contributed by atoms with Gasteiger partial charge in [-0.3, -0.25) is 4.57 Å². The Bertz CT molecular complexity index is 581. The molecular weight excluding hydrogens is 194 g/mol. The van der Waals surface area contributed by atoms with Gasteiger partial charge in [-0.1, -0.05) is 30.3 Å². The van der Waals surface area contributed by atoms with Crippen molar-refractivity contribution in [3.05, 3.63) is 57.4 Å². The SMILES string of the molecule is Cn1c(-c2ccccc2)cc(=O)oc1=O. The zero-order valence-corrected chi connectivity index (χ0v) is 8.14. The van der Waals surface area contributed by atoms with Crippen LogP contribution < -0.4 is 11.4 Å². The molecule has 0 saturated carbocycles. The molecule has 2 aromatic rings. The Morgan fingerprint density at radius 1 is 1.13 bits per heavy atom. The van der Waals surface area contributed by atoms with E-state index in [9.17, 15) is 9.59 Å². The minimum atomic E-state index is -0.652. The van der Waals surface area contributed by atoms with Crippen molar-refractivity contribution in [3.63, 3.8) is 0 Å². The zero-order valence-electron chi connectivity index (χ0n) is 8.14. The number of nitrogens with zero attached hydrogens (tertiary/aromatic N) is 1. The standard InChI is InChI=1S/C11H9NO3/c1-12-9(7-10(13)15-11(12)14)8-5-3-2-4-6-8/h2-7H,1H3. The highest BCUT2D eigenvalue weighted by molar-refractivity contribution is 5.58. The van der Waals surface area contributed by atoms with Crippen LogP contribution in [0.15, 0.2) is 50.4 Å². The monoisotopic (exact) mass is 203 g/mol. The maximum Gasteiger partial charge on any atom is 0.422 e. The molecule has 0 bridgehead atoms. The van der Waals surface area contributed by atoms with Crippen LogP contribution in [0.5, 0.6) is 0 Å². The largest absolute Gasteiger partial charge is 0.422 e. The Morgan fingerprint density at radius 3 is 2.47 bits per heavy atom. The highest BCUT2D eigenvalue weighted by Crippen LogP contribution is 2.14. The lowest BCUT2D eigenvalue weighted by Gasteiger charge is -2.04. The van der Waals surface area contributed by atoms with Gasteiger partial charge in [0.2, 0.25) is 0 Å². The third kappa shape index (κ3) is 1.74. The van der Waals surface area contributed by atoms with Crippen molar-refractivity contribution in [2.24, 2.45) is 7.05 Å². The topological polar surface area (TPSA) is 52.2 Å². The van der Waals surface area contributed by atoms with E-state index in [1.54, 1.807) is 7.05 Å². The third-order valence-electron chi connectivity index (χ3n) is 2.15. The molecule has 0 spiro atoms. The molecule has 0 fully saturated rings. The van der Waals surface area contributed by atoms with E-state index >= 15 is 0 Å². The molecule has 4 heteroatoms. The fourth-order valence-corrected chi connectivity index (χ4v) is 1.38. The van der Waals surface area contributed by atoms with Crippen LogP contribution in [-0.4, -0.2) is 4.57 Å². The fraction of sp³-hybridized carbons (Fsp3) is 0.0909. The van der Waals surface area contributed by atoms with E-state index in [2.05, 4.69) is 4.42 Å². The molecule has 0 aliphatic heterocycles. The summed E-state index contributed by atoms with van der Waals surface area (Å²) in [4.78, 5) is 22.3. The number of aromatic nitrogens is 1. The van der Waals surface area contributed by atoms with Crippen LogP contribution in [0.25, 0.3) is 11.3 Å². The molecule has 0 aliphatic carbocycles. The first kappa shape index (κ1) is 9.45. The molecule has 15 heavy (non-hydrogen) atoms. The van der Waals surface area contributed by atoms with Crippen molar-refractivity contribution in [2.75, 3.05) is 0 Å². The van der Waals surface area contributed by atoms with Gasteiger partial charge in [0.05, 0.1) is 5.69 Å². The molecular formula is C11H9NO3. The maximum atomic E-state index is 11.2. The van der Waals surface area contributed by atoms with Crippen LogP contribution in [0.3, 0.4) is 0 Å². The van der Waals surface area contributed by atoms with Crippen molar-refractivity contribution in [1.29, 1.82) is 0 Å².